The standard InChI is InChI=1S/C23H31N3O3/c1-6-29-19-15-11-10-14-18(19)24-22(28)21(17-12-8-7-9-13-17)26(5)16-20(27)25-23(2,3)4/h7-15,21H,6,16H2,1-5H3,(H,24,28)(H,25,27)/p+1/t21-/m0/s1. The third-order valence-corrected chi connectivity index (χ3v) is 4.29. The molecule has 0 saturated carbocycles. The van der Waals surface area contributed by atoms with Crippen molar-refractivity contribution in [1.29, 1.82) is 0 Å². The van der Waals surface area contributed by atoms with Crippen molar-refractivity contribution in [1.82, 2.24) is 5.32 Å². The van der Waals surface area contributed by atoms with Crippen LogP contribution in [0.3, 0.4) is 0 Å². The summed E-state index contributed by atoms with van der Waals surface area (Å²) >= 11 is 0. The van der Waals surface area contributed by atoms with Crippen LogP contribution in [-0.4, -0.2) is 37.6 Å². The Kier molecular flexibility index (Phi) is 7.79. The summed E-state index contributed by atoms with van der Waals surface area (Å²) in [6, 6.07) is 16.3. The van der Waals surface area contributed by atoms with E-state index in [9.17, 15) is 9.59 Å². The van der Waals surface area contributed by atoms with Gasteiger partial charge < -0.3 is 20.3 Å². The number of carbonyl (C=O) groups is 2. The van der Waals surface area contributed by atoms with Crippen molar-refractivity contribution in [2.24, 2.45) is 0 Å². The lowest BCUT2D eigenvalue weighted by atomic mass is 10.0. The Balaban J connectivity index is 2.24. The molecule has 0 bridgehead atoms. The van der Waals surface area contributed by atoms with Crippen molar-refractivity contribution < 1.29 is 19.2 Å². The molecule has 0 fully saturated rings. The van der Waals surface area contributed by atoms with Crippen LogP contribution in [0.4, 0.5) is 5.69 Å². The highest BCUT2D eigenvalue weighted by Crippen LogP contribution is 2.24. The highest BCUT2D eigenvalue weighted by atomic mass is 16.5. The van der Waals surface area contributed by atoms with Crippen LogP contribution in [0.5, 0.6) is 5.75 Å². The summed E-state index contributed by atoms with van der Waals surface area (Å²) in [5.74, 6) is 0.334. The van der Waals surface area contributed by atoms with E-state index in [2.05, 4.69) is 10.6 Å². The van der Waals surface area contributed by atoms with Crippen LogP contribution in [0, 0.1) is 0 Å². The molecule has 29 heavy (non-hydrogen) atoms. The van der Waals surface area contributed by atoms with Gasteiger partial charge in [0.05, 0.1) is 19.3 Å². The lowest BCUT2D eigenvalue weighted by Crippen LogP contribution is -3.11. The van der Waals surface area contributed by atoms with Crippen molar-refractivity contribution >= 4 is 17.5 Å². The van der Waals surface area contributed by atoms with Gasteiger partial charge in [0.1, 0.15) is 5.75 Å². The molecule has 0 heterocycles. The molecule has 2 rings (SSSR count). The molecule has 0 aromatic heterocycles. The molecule has 0 spiro atoms. The van der Waals surface area contributed by atoms with Gasteiger partial charge in [0.25, 0.3) is 11.8 Å². The smallest absolute Gasteiger partial charge is 0.287 e. The molecule has 1 unspecified atom stereocenters. The maximum absolute atomic E-state index is 13.3. The molecule has 2 aromatic carbocycles. The number of nitrogens with one attached hydrogen (secondary N) is 3. The summed E-state index contributed by atoms with van der Waals surface area (Å²) in [5, 5.41) is 5.94. The molecular weight excluding hydrogens is 366 g/mol. The predicted molar refractivity (Wildman–Crippen MR) is 115 cm³/mol. The molecule has 2 aromatic rings. The van der Waals surface area contributed by atoms with Gasteiger partial charge in [-0.25, -0.2) is 0 Å². The fraction of sp³-hybridized carbons (Fsp3) is 0.391. The Morgan fingerprint density at radius 3 is 2.28 bits per heavy atom. The van der Waals surface area contributed by atoms with E-state index < -0.39 is 6.04 Å². The monoisotopic (exact) mass is 398 g/mol. The first-order valence-corrected chi connectivity index (χ1v) is 9.92. The van der Waals surface area contributed by atoms with Gasteiger partial charge in [0, 0.05) is 11.1 Å². The molecule has 2 amide bonds. The third-order valence-electron chi connectivity index (χ3n) is 4.29. The van der Waals surface area contributed by atoms with E-state index in [4.69, 9.17) is 4.74 Å². The summed E-state index contributed by atoms with van der Waals surface area (Å²) in [6.07, 6.45) is 0. The molecule has 0 aliphatic rings. The fourth-order valence-electron chi connectivity index (χ4n) is 3.18. The minimum atomic E-state index is -0.545. The zero-order chi connectivity index (χ0) is 21.4. The highest BCUT2D eigenvalue weighted by Gasteiger charge is 2.31. The van der Waals surface area contributed by atoms with E-state index in [1.807, 2.05) is 89.3 Å². The number of carbonyl (C=O) groups excluding carboxylic acids is 2. The average molecular weight is 399 g/mol. The van der Waals surface area contributed by atoms with Gasteiger partial charge in [-0.1, -0.05) is 42.5 Å². The summed E-state index contributed by atoms with van der Waals surface area (Å²) < 4.78 is 5.62. The molecule has 2 atom stereocenters. The first kappa shape index (κ1) is 22.4. The van der Waals surface area contributed by atoms with Crippen molar-refractivity contribution in [3.63, 3.8) is 0 Å². The number of quaternary nitrogens is 1. The van der Waals surface area contributed by atoms with Crippen LogP contribution in [0.15, 0.2) is 54.6 Å². The number of amides is 2. The average Bonchev–Trinajstić information content (AvgIpc) is 2.63. The molecule has 0 aliphatic heterocycles. The summed E-state index contributed by atoms with van der Waals surface area (Å²) in [6.45, 7) is 8.40. The Hall–Kier alpha value is -2.86. The SMILES string of the molecule is CCOc1ccccc1NC(=O)[C@H](c1ccccc1)[NH+](C)CC(=O)NC(C)(C)C. The molecule has 6 heteroatoms. The molecule has 0 saturated heterocycles. The second kappa shape index (κ2) is 10.1. The molecule has 6 nitrogen and oxygen atoms in total. The van der Waals surface area contributed by atoms with Crippen molar-refractivity contribution in [2.45, 2.75) is 39.3 Å². The molecular formula is C23H32N3O3+. The predicted octanol–water partition coefficient (Wildman–Crippen LogP) is 2.19. The van der Waals surface area contributed by atoms with Gasteiger partial charge in [0.15, 0.2) is 12.6 Å². The maximum atomic E-state index is 13.3. The number of hydrogen-bond acceptors (Lipinski definition) is 3. The summed E-state index contributed by atoms with van der Waals surface area (Å²) in [4.78, 5) is 26.5. The van der Waals surface area contributed by atoms with E-state index >= 15 is 0 Å². The normalized spacial score (nSPS) is 13.3. The van der Waals surface area contributed by atoms with Gasteiger partial charge >= 0.3 is 0 Å². The topological polar surface area (TPSA) is 71.9 Å². The second-order valence-electron chi connectivity index (χ2n) is 8.08. The molecule has 0 aliphatic carbocycles. The van der Waals surface area contributed by atoms with Gasteiger partial charge in [-0.15, -0.1) is 0 Å². The molecule has 0 radical (unpaired) electrons. The number of anilines is 1. The van der Waals surface area contributed by atoms with Crippen LogP contribution in [0.2, 0.25) is 0 Å². The number of hydrogen-bond donors (Lipinski definition) is 3. The van der Waals surface area contributed by atoms with Gasteiger partial charge in [-0.3, -0.25) is 9.59 Å². The van der Waals surface area contributed by atoms with E-state index in [0.29, 0.717) is 18.0 Å². The van der Waals surface area contributed by atoms with Gasteiger partial charge in [-0.2, -0.15) is 0 Å². The van der Waals surface area contributed by atoms with Crippen LogP contribution in [0.25, 0.3) is 0 Å². The van der Waals surface area contributed by atoms with Crippen molar-refractivity contribution in [3.8, 4) is 5.75 Å². The third kappa shape index (κ3) is 6.91. The lowest BCUT2D eigenvalue weighted by Gasteiger charge is -2.26. The zero-order valence-electron chi connectivity index (χ0n) is 17.9. The first-order valence-electron chi connectivity index (χ1n) is 9.92. The Morgan fingerprint density at radius 1 is 1.03 bits per heavy atom. The van der Waals surface area contributed by atoms with Gasteiger partial charge in [0.2, 0.25) is 0 Å². The largest absolute Gasteiger partial charge is 0.492 e. The number of para-hydroxylation sites is 2. The molecule has 3 N–H and O–H groups in total. The van der Waals surface area contributed by atoms with E-state index in [0.717, 1.165) is 10.5 Å². The van der Waals surface area contributed by atoms with E-state index in [1.54, 1.807) is 0 Å². The van der Waals surface area contributed by atoms with E-state index in [-0.39, 0.29) is 23.9 Å². The summed E-state index contributed by atoms with van der Waals surface area (Å²) in [7, 11) is 1.86. The van der Waals surface area contributed by atoms with Crippen LogP contribution in [0.1, 0.15) is 39.3 Å². The number of benzene rings is 2. The second-order valence-corrected chi connectivity index (χ2v) is 8.08. The fourth-order valence-corrected chi connectivity index (χ4v) is 3.18. The summed E-state index contributed by atoms with van der Waals surface area (Å²) in [5.41, 5.74) is 1.14. The first-order chi connectivity index (χ1) is 13.7. The van der Waals surface area contributed by atoms with E-state index in [1.165, 1.54) is 0 Å². The van der Waals surface area contributed by atoms with Crippen LogP contribution in [-0.2, 0) is 9.59 Å². The van der Waals surface area contributed by atoms with Gasteiger partial charge in [-0.05, 0) is 39.8 Å². The maximum Gasteiger partial charge on any atom is 0.287 e. The number of rotatable bonds is 8. The lowest BCUT2D eigenvalue weighted by molar-refractivity contribution is -0.894. The number of ether oxygens (including phenoxy) is 1. The van der Waals surface area contributed by atoms with Crippen LogP contribution >= 0.6 is 0 Å². The van der Waals surface area contributed by atoms with Crippen LogP contribution < -0.4 is 20.3 Å². The Bertz CT molecular complexity index is 816. The minimum Gasteiger partial charge on any atom is -0.492 e. The quantitative estimate of drug-likeness (QED) is 0.638. The Morgan fingerprint density at radius 2 is 1.66 bits per heavy atom. The highest BCUT2D eigenvalue weighted by molar-refractivity contribution is 5.96. The zero-order valence-corrected chi connectivity index (χ0v) is 17.9. The van der Waals surface area contributed by atoms with Crippen molar-refractivity contribution in [3.05, 3.63) is 60.2 Å². The molecule has 156 valence electrons. The Labute approximate surface area is 173 Å². The minimum absolute atomic E-state index is 0.0987. The number of likely N-dealkylation sites (N-methyl/N-ethyl adjacent to an activating group) is 1. The van der Waals surface area contributed by atoms with Crippen molar-refractivity contribution in [2.75, 3.05) is 25.5 Å².